The minimum absolute atomic E-state index is 0.0703. The lowest BCUT2D eigenvalue weighted by molar-refractivity contribution is -0.133. The van der Waals surface area contributed by atoms with Crippen molar-refractivity contribution in [3.63, 3.8) is 0 Å². The van der Waals surface area contributed by atoms with Crippen LogP contribution in [-0.4, -0.2) is 82.3 Å². The van der Waals surface area contributed by atoms with Gasteiger partial charge >= 0.3 is 6.09 Å². The van der Waals surface area contributed by atoms with Gasteiger partial charge in [0.25, 0.3) is 0 Å². The number of carbonyl (C=O) groups excluding carboxylic acids is 3. The molecule has 8 nitrogen and oxygen atoms in total. The van der Waals surface area contributed by atoms with E-state index in [0.29, 0.717) is 11.3 Å². The number of rotatable bonds is 7. The van der Waals surface area contributed by atoms with Gasteiger partial charge in [-0.2, -0.15) is 0 Å². The lowest BCUT2D eigenvalue weighted by Gasteiger charge is -2.31. The van der Waals surface area contributed by atoms with Crippen molar-refractivity contribution in [2.24, 2.45) is 0 Å². The first-order valence-electron chi connectivity index (χ1n) is 11.1. The summed E-state index contributed by atoms with van der Waals surface area (Å²) in [5.41, 5.74) is 0.339. The molecule has 2 aliphatic rings. The Balaban J connectivity index is 1.70. The van der Waals surface area contributed by atoms with Gasteiger partial charge in [0, 0.05) is 30.9 Å². The summed E-state index contributed by atoms with van der Waals surface area (Å²) < 4.78 is 5.54. The number of aldehydes is 1. The molecule has 0 aromatic carbocycles. The van der Waals surface area contributed by atoms with Crippen LogP contribution in [0.15, 0.2) is 18.3 Å². The third-order valence-corrected chi connectivity index (χ3v) is 5.67. The SMILES string of the molecule is CC(C)(C)OC(=O)N(CC(=O)N1CCC[C@@H]1CN1CCCC1)Cc1cc(C=O)ccn1. The van der Waals surface area contributed by atoms with Crippen molar-refractivity contribution in [3.05, 3.63) is 29.6 Å². The lowest BCUT2D eigenvalue weighted by Crippen LogP contribution is -2.48. The standard InChI is InChI=1S/C23H34N4O4/c1-23(2,3)31-22(30)26(14-19-13-18(17-28)8-9-24-19)16-21(29)27-12-6-7-20(27)15-25-10-4-5-11-25/h8-9,13,17,20H,4-7,10-12,14-16H2,1-3H3/t20-/m1/s1. The molecule has 8 heteroatoms. The molecule has 3 rings (SSSR count). The van der Waals surface area contributed by atoms with Gasteiger partial charge in [-0.25, -0.2) is 4.79 Å². The molecule has 1 aromatic heterocycles. The number of ether oxygens (including phenoxy) is 1. The van der Waals surface area contributed by atoms with E-state index in [-0.39, 0.29) is 25.0 Å². The molecule has 2 aliphatic heterocycles. The third kappa shape index (κ3) is 6.75. The largest absolute Gasteiger partial charge is 0.444 e. The number of hydrogen-bond donors (Lipinski definition) is 0. The first-order valence-corrected chi connectivity index (χ1v) is 11.1. The summed E-state index contributed by atoms with van der Waals surface area (Å²) in [4.78, 5) is 47.1. The van der Waals surface area contributed by atoms with Crippen LogP contribution in [0.5, 0.6) is 0 Å². The molecule has 0 aliphatic carbocycles. The number of carbonyl (C=O) groups is 3. The lowest BCUT2D eigenvalue weighted by atomic mass is 10.2. The van der Waals surface area contributed by atoms with Crippen molar-refractivity contribution >= 4 is 18.3 Å². The highest BCUT2D eigenvalue weighted by atomic mass is 16.6. The fourth-order valence-electron chi connectivity index (χ4n) is 4.23. The van der Waals surface area contributed by atoms with Gasteiger partial charge < -0.3 is 14.5 Å². The number of nitrogens with zero attached hydrogens (tertiary/aromatic N) is 4. The van der Waals surface area contributed by atoms with Crippen LogP contribution >= 0.6 is 0 Å². The van der Waals surface area contributed by atoms with Gasteiger partial charge in [-0.3, -0.25) is 19.5 Å². The van der Waals surface area contributed by atoms with E-state index in [0.717, 1.165) is 45.3 Å². The van der Waals surface area contributed by atoms with Crippen LogP contribution in [0.4, 0.5) is 4.79 Å². The van der Waals surface area contributed by atoms with Crippen molar-refractivity contribution in [1.29, 1.82) is 0 Å². The Hall–Kier alpha value is -2.48. The van der Waals surface area contributed by atoms with Gasteiger partial charge in [0.2, 0.25) is 5.91 Å². The van der Waals surface area contributed by atoms with E-state index in [9.17, 15) is 14.4 Å². The van der Waals surface area contributed by atoms with Crippen molar-refractivity contribution in [2.45, 2.75) is 64.6 Å². The maximum Gasteiger partial charge on any atom is 0.411 e. The predicted molar refractivity (Wildman–Crippen MR) is 117 cm³/mol. The van der Waals surface area contributed by atoms with Gasteiger partial charge in [-0.05, 0) is 71.7 Å². The second-order valence-corrected chi connectivity index (χ2v) is 9.43. The van der Waals surface area contributed by atoms with Gasteiger partial charge in [-0.1, -0.05) is 0 Å². The van der Waals surface area contributed by atoms with E-state index < -0.39 is 11.7 Å². The molecule has 0 N–H and O–H groups in total. The average molecular weight is 431 g/mol. The Kier molecular flexibility index (Phi) is 7.64. The van der Waals surface area contributed by atoms with Gasteiger partial charge in [-0.15, -0.1) is 0 Å². The Bertz CT molecular complexity index is 786. The summed E-state index contributed by atoms with van der Waals surface area (Å²) >= 11 is 0. The second-order valence-electron chi connectivity index (χ2n) is 9.43. The van der Waals surface area contributed by atoms with Crippen LogP contribution < -0.4 is 0 Å². The van der Waals surface area contributed by atoms with E-state index in [1.54, 1.807) is 32.9 Å². The molecule has 0 unspecified atom stereocenters. The maximum absolute atomic E-state index is 13.2. The normalized spacial score (nSPS) is 19.5. The zero-order chi connectivity index (χ0) is 22.4. The van der Waals surface area contributed by atoms with Crippen LogP contribution in [0.2, 0.25) is 0 Å². The highest BCUT2D eigenvalue weighted by Crippen LogP contribution is 2.21. The highest BCUT2D eigenvalue weighted by Gasteiger charge is 2.33. The van der Waals surface area contributed by atoms with Crippen molar-refractivity contribution in [3.8, 4) is 0 Å². The molecule has 1 aromatic rings. The summed E-state index contributed by atoms with van der Waals surface area (Å²) in [6.45, 7) is 9.24. The van der Waals surface area contributed by atoms with Crippen molar-refractivity contribution in [2.75, 3.05) is 32.7 Å². The summed E-state index contributed by atoms with van der Waals surface area (Å²) in [6, 6.07) is 3.43. The Morgan fingerprint density at radius 1 is 1.23 bits per heavy atom. The van der Waals surface area contributed by atoms with E-state index in [1.165, 1.54) is 23.9 Å². The van der Waals surface area contributed by atoms with E-state index in [2.05, 4.69) is 9.88 Å². The van der Waals surface area contributed by atoms with Gasteiger partial charge in [0.05, 0.1) is 12.2 Å². The first-order chi connectivity index (χ1) is 14.7. The highest BCUT2D eigenvalue weighted by molar-refractivity contribution is 5.83. The van der Waals surface area contributed by atoms with Crippen LogP contribution in [0.3, 0.4) is 0 Å². The molecular formula is C23H34N4O4. The van der Waals surface area contributed by atoms with Gasteiger partial charge in [0.15, 0.2) is 0 Å². The molecule has 2 fully saturated rings. The molecule has 2 amide bonds. The minimum Gasteiger partial charge on any atom is -0.444 e. The summed E-state index contributed by atoms with van der Waals surface area (Å²) in [6.07, 6.45) is 6.13. The van der Waals surface area contributed by atoms with Crippen LogP contribution in [0.25, 0.3) is 0 Å². The minimum atomic E-state index is -0.678. The number of amides is 2. The first kappa shape index (κ1) is 23.2. The molecular weight excluding hydrogens is 396 g/mol. The molecule has 31 heavy (non-hydrogen) atoms. The quantitative estimate of drug-likeness (QED) is 0.619. The summed E-state index contributed by atoms with van der Waals surface area (Å²) in [5.74, 6) is -0.0703. The Labute approximate surface area is 184 Å². The fourth-order valence-corrected chi connectivity index (χ4v) is 4.23. The Morgan fingerprint density at radius 2 is 1.97 bits per heavy atom. The number of likely N-dealkylation sites (tertiary alicyclic amines) is 2. The molecule has 1 atom stereocenters. The van der Waals surface area contributed by atoms with Crippen molar-refractivity contribution < 1.29 is 19.1 Å². The second kappa shape index (κ2) is 10.2. The van der Waals surface area contributed by atoms with E-state index >= 15 is 0 Å². The molecule has 0 saturated carbocycles. The predicted octanol–water partition coefficient (Wildman–Crippen LogP) is 2.72. The molecule has 2 saturated heterocycles. The number of hydrogen-bond acceptors (Lipinski definition) is 6. The third-order valence-electron chi connectivity index (χ3n) is 5.67. The molecule has 170 valence electrons. The summed E-state index contributed by atoms with van der Waals surface area (Å²) in [5, 5.41) is 0. The number of aromatic nitrogens is 1. The molecule has 3 heterocycles. The number of pyridine rings is 1. The zero-order valence-electron chi connectivity index (χ0n) is 18.9. The van der Waals surface area contributed by atoms with Gasteiger partial charge in [0.1, 0.15) is 18.4 Å². The maximum atomic E-state index is 13.2. The monoisotopic (exact) mass is 430 g/mol. The molecule has 0 radical (unpaired) electrons. The topological polar surface area (TPSA) is 83.0 Å². The van der Waals surface area contributed by atoms with E-state index in [1.807, 2.05) is 4.90 Å². The zero-order valence-corrected chi connectivity index (χ0v) is 18.9. The molecule has 0 bridgehead atoms. The Morgan fingerprint density at radius 3 is 2.65 bits per heavy atom. The smallest absolute Gasteiger partial charge is 0.411 e. The molecule has 0 spiro atoms. The summed E-state index contributed by atoms with van der Waals surface area (Å²) in [7, 11) is 0. The average Bonchev–Trinajstić information content (AvgIpc) is 3.38. The van der Waals surface area contributed by atoms with Crippen LogP contribution in [-0.2, 0) is 16.1 Å². The van der Waals surface area contributed by atoms with Crippen LogP contribution in [0, 0.1) is 0 Å². The van der Waals surface area contributed by atoms with Crippen LogP contribution in [0.1, 0.15) is 62.5 Å². The van der Waals surface area contributed by atoms with Crippen molar-refractivity contribution in [1.82, 2.24) is 19.7 Å². The fraction of sp³-hybridized carbons (Fsp3) is 0.652. The van der Waals surface area contributed by atoms with E-state index in [4.69, 9.17) is 4.74 Å².